The van der Waals surface area contributed by atoms with Gasteiger partial charge in [0.1, 0.15) is 6.33 Å². The van der Waals surface area contributed by atoms with Gasteiger partial charge in [-0.1, -0.05) is 23.7 Å². The number of aromatic nitrogens is 3. The Labute approximate surface area is 214 Å². The number of hydrogen-bond acceptors (Lipinski definition) is 5. The van der Waals surface area contributed by atoms with E-state index in [4.69, 9.17) is 16.3 Å². The van der Waals surface area contributed by atoms with Gasteiger partial charge in [0.05, 0.1) is 25.2 Å². The molecule has 36 heavy (non-hydrogen) atoms. The maximum absolute atomic E-state index is 15.8. The minimum absolute atomic E-state index is 0.0928. The number of nitrogens with one attached hydrogen (secondary N) is 1. The smallest absolute Gasteiger partial charge is 0.258 e. The number of carbonyl (C=O) groups is 1. The molecule has 1 amide bonds. The van der Waals surface area contributed by atoms with E-state index >= 15 is 4.39 Å². The van der Waals surface area contributed by atoms with Crippen LogP contribution in [0.4, 0.5) is 10.1 Å². The average molecular weight is 510 g/mol. The Morgan fingerprint density at radius 1 is 1.25 bits per heavy atom. The number of nitrogens with zero attached hydrogens (tertiary/aromatic N) is 4. The first-order valence-corrected chi connectivity index (χ1v) is 12.7. The Balaban J connectivity index is 1.27. The van der Waals surface area contributed by atoms with E-state index in [1.165, 1.54) is 12.7 Å². The lowest BCUT2D eigenvalue weighted by molar-refractivity contribution is -0.102. The summed E-state index contributed by atoms with van der Waals surface area (Å²) in [5.41, 5.74) is 3.24. The second-order valence-electron chi connectivity index (χ2n) is 10.6. The maximum Gasteiger partial charge on any atom is 0.258 e. The number of hydrogen-bond donors (Lipinski definition) is 1. The minimum Gasteiger partial charge on any atom is -0.379 e. The molecule has 3 aliphatic rings. The van der Waals surface area contributed by atoms with Crippen LogP contribution in [0.3, 0.4) is 0 Å². The molecule has 1 saturated heterocycles. The molecule has 1 saturated carbocycles. The largest absolute Gasteiger partial charge is 0.379 e. The van der Waals surface area contributed by atoms with Crippen LogP contribution < -0.4 is 10.2 Å². The van der Waals surface area contributed by atoms with Crippen molar-refractivity contribution < 1.29 is 13.9 Å². The highest BCUT2D eigenvalue weighted by Gasteiger charge is 2.50. The van der Waals surface area contributed by atoms with Gasteiger partial charge in [0.2, 0.25) is 0 Å². The van der Waals surface area contributed by atoms with E-state index in [-0.39, 0.29) is 30.5 Å². The molecule has 188 valence electrons. The molecule has 3 heterocycles. The Bertz CT molecular complexity index is 1330. The van der Waals surface area contributed by atoms with E-state index < -0.39 is 11.6 Å². The Hall–Kier alpha value is -2.81. The zero-order valence-corrected chi connectivity index (χ0v) is 21.2. The number of aryl methyl sites for hydroxylation is 1. The zero-order chi connectivity index (χ0) is 25.1. The van der Waals surface area contributed by atoms with Crippen LogP contribution in [0, 0.1) is 0 Å². The van der Waals surface area contributed by atoms with Crippen LogP contribution in [-0.4, -0.2) is 39.4 Å². The number of amides is 1. The van der Waals surface area contributed by atoms with Gasteiger partial charge in [-0.25, -0.2) is 4.39 Å². The van der Waals surface area contributed by atoms with Crippen LogP contribution in [0.15, 0.2) is 42.7 Å². The van der Waals surface area contributed by atoms with Gasteiger partial charge >= 0.3 is 0 Å². The van der Waals surface area contributed by atoms with Crippen molar-refractivity contribution in [3.8, 4) is 0 Å². The zero-order valence-electron chi connectivity index (χ0n) is 20.4. The summed E-state index contributed by atoms with van der Waals surface area (Å²) in [6.07, 6.45) is 3.68. The van der Waals surface area contributed by atoms with E-state index in [0.29, 0.717) is 29.4 Å². The number of carbonyl (C=O) groups excluding carboxylic acids is 1. The third-order valence-electron chi connectivity index (χ3n) is 8.13. The summed E-state index contributed by atoms with van der Waals surface area (Å²) in [7, 11) is 1.73. The van der Waals surface area contributed by atoms with Crippen molar-refractivity contribution in [1.82, 2.24) is 20.1 Å². The van der Waals surface area contributed by atoms with Gasteiger partial charge < -0.3 is 19.5 Å². The number of halogens is 2. The summed E-state index contributed by atoms with van der Waals surface area (Å²) >= 11 is 6.65. The first kappa shape index (κ1) is 23.6. The molecule has 0 spiro atoms. The van der Waals surface area contributed by atoms with Crippen molar-refractivity contribution in [2.24, 2.45) is 7.05 Å². The second kappa shape index (κ2) is 8.64. The summed E-state index contributed by atoms with van der Waals surface area (Å²) in [6.45, 7) is 3.76. The normalized spacial score (nSPS) is 20.6. The molecule has 0 bridgehead atoms. The molecular weight excluding hydrogens is 481 g/mol. The van der Waals surface area contributed by atoms with Crippen molar-refractivity contribution in [3.05, 3.63) is 75.8 Å². The van der Waals surface area contributed by atoms with E-state index in [9.17, 15) is 4.79 Å². The van der Waals surface area contributed by atoms with Gasteiger partial charge in [0.25, 0.3) is 5.91 Å². The number of ether oxygens (including phenoxy) is 1. The molecule has 0 radical (unpaired) electrons. The minimum atomic E-state index is -1.39. The fraction of sp³-hybridized carbons (Fsp3) is 0.444. The summed E-state index contributed by atoms with van der Waals surface area (Å²) in [5.74, 6) is 0.168. The molecular formula is C27H29ClFN5O2. The second-order valence-corrected chi connectivity index (χ2v) is 11.0. The third-order valence-corrected chi connectivity index (χ3v) is 8.47. The molecule has 1 atom stereocenters. The van der Waals surface area contributed by atoms with Gasteiger partial charge in [-0.05, 0) is 61.6 Å². The number of benzene rings is 2. The number of alkyl halides is 1. The summed E-state index contributed by atoms with van der Waals surface area (Å²) < 4.78 is 22.9. The molecule has 1 aliphatic carbocycles. The molecule has 1 aromatic heterocycles. The average Bonchev–Trinajstić information content (AvgIpc) is 3.39. The van der Waals surface area contributed by atoms with Gasteiger partial charge in [-0.15, -0.1) is 10.2 Å². The SMILES string of the molecule is Cn1cnnc1[C@H](F)C1(c2cccc(N3Cc4c(Cl)cc(CNC5(C)CCC5)cc4C3=O)c2)COC1. The van der Waals surface area contributed by atoms with Crippen molar-refractivity contribution in [2.75, 3.05) is 18.1 Å². The third kappa shape index (κ3) is 3.74. The van der Waals surface area contributed by atoms with Crippen LogP contribution >= 0.6 is 11.6 Å². The van der Waals surface area contributed by atoms with E-state index in [0.717, 1.165) is 29.5 Å². The summed E-state index contributed by atoms with van der Waals surface area (Å²) in [4.78, 5) is 15.2. The van der Waals surface area contributed by atoms with E-state index in [2.05, 4.69) is 22.4 Å². The van der Waals surface area contributed by atoms with Crippen molar-refractivity contribution in [1.29, 1.82) is 0 Å². The lowest BCUT2D eigenvalue weighted by Gasteiger charge is -2.43. The number of anilines is 1. The van der Waals surface area contributed by atoms with Gasteiger partial charge in [-0.3, -0.25) is 4.79 Å². The van der Waals surface area contributed by atoms with Crippen LogP contribution in [0.2, 0.25) is 5.02 Å². The predicted octanol–water partition coefficient (Wildman–Crippen LogP) is 4.64. The first-order valence-electron chi connectivity index (χ1n) is 12.3. The van der Waals surface area contributed by atoms with Crippen molar-refractivity contribution in [3.63, 3.8) is 0 Å². The standard InChI is InChI=1S/C27H29ClFN5O2/c1-26(7-4-8-26)30-12-17-9-20-21(22(28)10-17)13-34(25(20)35)19-6-3-5-18(11-19)27(14-36-15-27)23(29)24-32-31-16-33(24)2/h3,5-6,9-11,16,23,30H,4,7-8,12-15H2,1-2H3/t23-/m0/s1. The molecule has 3 aromatic rings. The molecule has 2 fully saturated rings. The summed E-state index contributed by atoms with van der Waals surface area (Å²) in [6, 6.07) is 11.4. The molecule has 1 N–H and O–H groups in total. The van der Waals surface area contributed by atoms with E-state index in [1.807, 2.05) is 36.4 Å². The molecule has 2 aliphatic heterocycles. The maximum atomic E-state index is 15.8. The highest BCUT2D eigenvalue weighted by Crippen LogP contribution is 2.46. The first-order chi connectivity index (χ1) is 17.3. The summed E-state index contributed by atoms with van der Waals surface area (Å²) in [5, 5.41) is 12.0. The quantitative estimate of drug-likeness (QED) is 0.502. The topological polar surface area (TPSA) is 72.3 Å². The van der Waals surface area contributed by atoms with Gasteiger partial charge in [0, 0.05) is 41.0 Å². The van der Waals surface area contributed by atoms with Gasteiger partial charge in [-0.2, -0.15) is 0 Å². The molecule has 7 nitrogen and oxygen atoms in total. The highest BCUT2D eigenvalue weighted by atomic mass is 35.5. The van der Waals surface area contributed by atoms with E-state index in [1.54, 1.807) is 16.5 Å². The number of fused-ring (bicyclic) bond motifs is 1. The van der Waals surface area contributed by atoms with Crippen LogP contribution in [0.25, 0.3) is 0 Å². The van der Waals surface area contributed by atoms with Crippen LogP contribution in [0.1, 0.15) is 65.2 Å². The Morgan fingerprint density at radius 2 is 2.06 bits per heavy atom. The van der Waals surface area contributed by atoms with Crippen LogP contribution in [-0.2, 0) is 30.3 Å². The Kier molecular flexibility index (Phi) is 5.66. The molecule has 6 rings (SSSR count). The lowest BCUT2D eigenvalue weighted by Crippen LogP contribution is -2.50. The number of rotatable bonds is 7. The Morgan fingerprint density at radius 3 is 2.69 bits per heavy atom. The highest BCUT2D eigenvalue weighted by molar-refractivity contribution is 6.32. The fourth-order valence-electron chi connectivity index (χ4n) is 5.46. The van der Waals surface area contributed by atoms with Crippen LogP contribution in [0.5, 0.6) is 0 Å². The monoisotopic (exact) mass is 509 g/mol. The molecule has 2 aromatic carbocycles. The van der Waals surface area contributed by atoms with Crippen molar-refractivity contribution >= 4 is 23.2 Å². The van der Waals surface area contributed by atoms with Gasteiger partial charge in [0.15, 0.2) is 12.0 Å². The lowest BCUT2D eigenvalue weighted by atomic mass is 9.74. The molecule has 0 unspecified atom stereocenters. The predicted molar refractivity (Wildman–Crippen MR) is 135 cm³/mol. The molecule has 9 heteroatoms. The fourth-order valence-corrected chi connectivity index (χ4v) is 5.76. The van der Waals surface area contributed by atoms with Crippen molar-refractivity contribution in [2.45, 2.75) is 56.4 Å².